The highest BCUT2D eigenvalue weighted by Gasteiger charge is 2.04. The van der Waals surface area contributed by atoms with Crippen molar-refractivity contribution in [2.75, 3.05) is 6.61 Å². The van der Waals surface area contributed by atoms with E-state index in [1.807, 2.05) is 25.1 Å². The normalized spacial score (nSPS) is 13.0. The van der Waals surface area contributed by atoms with Crippen molar-refractivity contribution < 1.29 is 5.11 Å². The van der Waals surface area contributed by atoms with Gasteiger partial charge in [-0.15, -0.1) is 0 Å². The van der Waals surface area contributed by atoms with Crippen molar-refractivity contribution in [3.63, 3.8) is 0 Å². The number of aryl methyl sites for hydroxylation is 1. The van der Waals surface area contributed by atoms with Gasteiger partial charge in [0.05, 0.1) is 18.3 Å². The number of nitrogens with zero attached hydrogens (tertiary/aromatic N) is 1. The fourth-order valence-corrected chi connectivity index (χ4v) is 0.864. The first-order chi connectivity index (χ1) is 5.24. The van der Waals surface area contributed by atoms with Crippen LogP contribution in [0.1, 0.15) is 17.4 Å². The van der Waals surface area contributed by atoms with Gasteiger partial charge in [0.15, 0.2) is 0 Å². The topological polar surface area (TPSA) is 59.1 Å². The van der Waals surface area contributed by atoms with Crippen molar-refractivity contribution in [3.8, 4) is 0 Å². The number of aromatic nitrogens is 1. The predicted molar refractivity (Wildman–Crippen MR) is 43.0 cm³/mol. The van der Waals surface area contributed by atoms with Gasteiger partial charge >= 0.3 is 0 Å². The van der Waals surface area contributed by atoms with Gasteiger partial charge in [0.1, 0.15) is 0 Å². The van der Waals surface area contributed by atoms with Crippen LogP contribution in [0.15, 0.2) is 18.2 Å². The quantitative estimate of drug-likeness (QED) is 0.644. The molecule has 11 heavy (non-hydrogen) atoms. The number of aliphatic hydroxyl groups excluding tert-OH is 1. The summed E-state index contributed by atoms with van der Waals surface area (Å²) in [7, 11) is 0. The van der Waals surface area contributed by atoms with Gasteiger partial charge in [-0.1, -0.05) is 6.07 Å². The first-order valence-electron chi connectivity index (χ1n) is 3.54. The Balaban J connectivity index is 2.86. The van der Waals surface area contributed by atoms with E-state index in [-0.39, 0.29) is 12.6 Å². The zero-order chi connectivity index (χ0) is 8.27. The van der Waals surface area contributed by atoms with E-state index < -0.39 is 0 Å². The molecule has 0 spiro atoms. The number of hydrogen-bond acceptors (Lipinski definition) is 3. The molecule has 1 aromatic heterocycles. The van der Waals surface area contributed by atoms with Gasteiger partial charge in [-0.25, -0.2) is 0 Å². The molecule has 3 nitrogen and oxygen atoms in total. The van der Waals surface area contributed by atoms with Crippen LogP contribution in [-0.2, 0) is 0 Å². The predicted octanol–water partition coefficient (Wildman–Crippen LogP) is 0.382. The van der Waals surface area contributed by atoms with Gasteiger partial charge in [0.2, 0.25) is 0 Å². The van der Waals surface area contributed by atoms with Crippen molar-refractivity contribution in [1.82, 2.24) is 4.98 Å². The summed E-state index contributed by atoms with van der Waals surface area (Å²) in [6, 6.07) is 5.24. The smallest absolute Gasteiger partial charge is 0.0705 e. The Labute approximate surface area is 65.9 Å². The monoisotopic (exact) mass is 152 g/mol. The van der Waals surface area contributed by atoms with E-state index in [0.717, 1.165) is 11.4 Å². The summed E-state index contributed by atoms with van der Waals surface area (Å²) in [5, 5.41) is 8.71. The van der Waals surface area contributed by atoms with Crippen LogP contribution < -0.4 is 5.73 Å². The highest BCUT2D eigenvalue weighted by molar-refractivity contribution is 5.12. The van der Waals surface area contributed by atoms with E-state index in [1.54, 1.807) is 0 Å². The summed E-state index contributed by atoms with van der Waals surface area (Å²) in [6.45, 7) is 1.84. The van der Waals surface area contributed by atoms with Crippen LogP contribution in [0, 0.1) is 6.92 Å². The Kier molecular flexibility index (Phi) is 2.57. The summed E-state index contributed by atoms with van der Waals surface area (Å²) in [6.07, 6.45) is 0. The Morgan fingerprint density at radius 2 is 2.36 bits per heavy atom. The lowest BCUT2D eigenvalue weighted by Crippen LogP contribution is -2.16. The van der Waals surface area contributed by atoms with E-state index in [4.69, 9.17) is 10.8 Å². The van der Waals surface area contributed by atoms with Crippen molar-refractivity contribution >= 4 is 0 Å². The molecule has 3 heteroatoms. The summed E-state index contributed by atoms with van der Waals surface area (Å²) >= 11 is 0. The number of nitrogens with two attached hydrogens (primary N) is 1. The molecule has 0 saturated heterocycles. The molecule has 0 aromatic carbocycles. The van der Waals surface area contributed by atoms with E-state index in [1.165, 1.54) is 0 Å². The lowest BCUT2D eigenvalue weighted by atomic mass is 10.2. The second-order valence-electron chi connectivity index (χ2n) is 2.49. The molecule has 0 amide bonds. The molecular formula is C8H12N2O. The first-order valence-corrected chi connectivity index (χ1v) is 3.54. The Hall–Kier alpha value is -0.930. The Morgan fingerprint density at radius 3 is 2.91 bits per heavy atom. The van der Waals surface area contributed by atoms with E-state index in [2.05, 4.69) is 4.98 Å². The number of rotatable bonds is 2. The van der Waals surface area contributed by atoms with Crippen LogP contribution in [-0.4, -0.2) is 16.7 Å². The molecule has 0 saturated carbocycles. The maximum atomic E-state index is 8.71. The maximum absolute atomic E-state index is 8.71. The zero-order valence-electron chi connectivity index (χ0n) is 6.49. The van der Waals surface area contributed by atoms with Crippen molar-refractivity contribution in [1.29, 1.82) is 0 Å². The molecule has 0 aliphatic carbocycles. The zero-order valence-corrected chi connectivity index (χ0v) is 6.49. The number of hydrogen-bond donors (Lipinski definition) is 2. The second kappa shape index (κ2) is 3.46. The minimum atomic E-state index is -0.352. The standard InChI is InChI=1S/C8H12N2O/c1-6-3-2-4-8(10-6)7(9)5-11/h2-4,7,11H,5,9H2,1H3. The van der Waals surface area contributed by atoms with Crippen LogP contribution in [0.5, 0.6) is 0 Å². The van der Waals surface area contributed by atoms with Crippen LogP contribution in [0.2, 0.25) is 0 Å². The molecule has 3 N–H and O–H groups in total. The van der Waals surface area contributed by atoms with E-state index in [0.29, 0.717) is 0 Å². The average molecular weight is 152 g/mol. The van der Waals surface area contributed by atoms with Gasteiger partial charge in [0, 0.05) is 5.69 Å². The molecule has 1 atom stereocenters. The average Bonchev–Trinajstić information content (AvgIpc) is 2.03. The highest BCUT2D eigenvalue weighted by atomic mass is 16.3. The number of aliphatic hydroxyl groups is 1. The van der Waals surface area contributed by atoms with Gasteiger partial charge in [-0.3, -0.25) is 4.98 Å². The highest BCUT2D eigenvalue weighted by Crippen LogP contribution is 2.05. The Morgan fingerprint density at radius 1 is 1.64 bits per heavy atom. The lowest BCUT2D eigenvalue weighted by molar-refractivity contribution is 0.266. The molecule has 0 aliphatic rings. The molecule has 0 radical (unpaired) electrons. The fourth-order valence-electron chi connectivity index (χ4n) is 0.864. The molecule has 0 bridgehead atoms. The minimum Gasteiger partial charge on any atom is -0.394 e. The van der Waals surface area contributed by atoms with Gasteiger partial charge in [0.25, 0.3) is 0 Å². The summed E-state index contributed by atoms with van der Waals surface area (Å²) in [4.78, 5) is 4.16. The van der Waals surface area contributed by atoms with Crippen molar-refractivity contribution in [2.24, 2.45) is 5.73 Å². The molecule has 1 unspecified atom stereocenters. The van der Waals surface area contributed by atoms with Gasteiger partial charge in [-0.05, 0) is 19.1 Å². The fraction of sp³-hybridized carbons (Fsp3) is 0.375. The summed E-state index contributed by atoms with van der Waals surface area (Å²) in [5.41, 5.74) is 7.22. The molecule has 1 heterocycles. The third kappa shape index (κ3) is 2.00. The van der Waals surface area contributed by atoms with Crippen LogP contribution in [0.4, 0.5) is 0 Å². The SMILES string of the molecule is Cc1cccc(C(N)CO)n1. The largest absolute Gasteiger partial charge is 0.394 e. The summed E-state index contributed by atoms with van der Waals surface area (Å²) in [5.74, 6) is 0. The Bertz CT molecular complexity index is 237. The molecule has 1 aromatic rings. The third-order valence-electron chi connectivity index (χ3n) is 1.49. The van der Waals surface area contributed by atoms with Crippen LogP contribution >= 0.6 is 0 Å². The maximum Gasteiger partial charge on any atom is 0.0705 e. The number of pyridine rings is 1. The van der Waals surface area contributed by atoms with Crippen LogP contribution in [0.25, 0.3) is 0 Å². The van der Waals surface area contributed by atoms with Crippen molar-refractivity contribution in [2.45, 2.75) is 13.0 Å². The molecule has 1 rings (SSSR count). The second-order valence-corrected chi connectivity index (χ2v) is 2.49. The lowest BCUT2D eigenvalue weighted by Gasteiger charge is -2.06. The van der Waals surface area contributed by atoms with Crippen LogP contribution in [0.3, 0.4) is 0 Å². The van der Waals surface area contributed by atoms with Gasteiger partial charge < -0.3 is 10.8 Å². The first kappa shape index (κ1) is 8.17. The third-order valence-corrected chi connectivity index (χ3v) is 1.49. The molecule has 60 valence electrons. The molecular weight excluding hydrogens is 140 g/mol. The van der Waals surface area contributed by atoms with E-state index >= 15 is 0 Å². The van der Waals surface area contributed by atoms with Gasteiger partial charge in [-0.2, -0.15) is 0 Å². The molecule has 0 aliphatic heterocycles. The molecule has 0 fully saturated rings. The summed E-state index contributed by atoms with van der Waals surface area (Å²) < 4.78 is 0. The minimum absolute atomic E-state index is 0.0591. The van der Waals surface area contributed by atoms with Crippen molar-refractivity contribution in [3.05, 3.63) is 29.6 Å². The van der Waals surface area contributed by atoms with E-state index in [9.17, 15) is 0 Å².